The van der Waals surface area contributed by atoms with Gasteiger partial charge in [0, 0.05) is 26.1 Å². The highest BCUT2D eigenvalue weighted by atomic mass is 19.4. The Labute approximate surface area is 174 Å². The van der Waals surface area contributed by atoms with Crippen molar-refractivity contribution in [2.24, 2.45) is 5.92 Å². The van der Waals surface area contributed by atoms with Gasteiger partial charge in [0.05, 0.1) is 19.8 Å². The maximum Gasteiger partial charge on any atom is 0.416 e. The Bertz CT molecular complexity index is 852. The maximum atomic E-state index is 12.9. The van der Waals surface area contributed by atoms with E-state index in [0.29, 0.717) is 19.5 Å². The van der Waals surface area contributed by atoms with Crippen LogP contribution in [0.5, 0.6) is 5.75 Å². The van der Waals surface area contributed by atoms with Crippen LogP contribution in [-0.2, 0) is 22.3 Å². The summed E-state index contributed by atoms with van der Waals surface area (Å²) in [6, 6.07) is 13.2. The van der Waals surface area contributed by atoms with E-state index in [0.717, 1.165) is 42.0 Å². The van der Waals surface area contributed by atoms with E-state index in [1.54, 1.807) is 19.2 Å². The highest BCUT2D eigenvalue weighted by Crippen LogP contribution is 2.35. The van der Waals surface area contributed by atoms with Crippen molar-refractivity contribution >= 4 is 5.97 Å². The lowest BCUT2D eigenvalue weighted by molar-refractivity contribution is -0.142. The molecule has 2 aromatic rings. The van der Waals surface area contributed by atoms with Gasteiger partial charge in [0.15, 0.2) is 0 Å². The molecule has 1 heterocycles. The molecule has 0 radical (unpaired) electrons. The van der Waals surface area contributed by atoms with Crippen molar-refractivity contribution in [1.29, 1.82) is 0 Å². The molecule has 1 aliphatic heterocycles. The first-order valence-corrected chi connectivity index (χ1v) is 9.87. The van der Waals surface area contributed by atoms with Crippen LogP contribution in [0.4, 0.5) is 13.2 Å². The number of piperidine rings is 1. The van der Waals surface area contributed by atoms with E-state index in [9.17, 15) is 18.0 Å². The summed E-state index contributed by atoms with van der Waals surface area (Å²) in [6.07, 6.45) is -3.33. The molecule has 2 atom stereocenters. The van der Waals surface area contributed by atoms with E-state index in [2.05, 4.69) is 4.90 Å². The number of nitrogens with zero attached hydrogens (tertiary/aromatic N) is 1. The molecule has 0 N–H and O–H groups in total. The summed E-state index contributed by atoms with van der Waals surface area (Å²) in [5.41, 5.74) is 1.29. The van der Waals surface area contributed by atoms with Gasteiger partial charge in [0.1, 0.15) is 5.75 Å². The summed E-state index contributed by atoms with van der Waals surface area (Å²) in [7, 11) is 2.99. The molecule has 7 heteroatoms. The number of rotatable bonds is 6. The number of esters is 1. The average molecular weight is 421 g/mol. The van der Waals surface area contributed by atoms with Gasteiger partial charge >= 0.3 is 12.1 Å². The van der Waals surface area contributed by atoms with Gasteiger partial charge in [-0.15, -0.1) is 0 Å². The minimum Gasteiger partial charge on any atom is -0.497 e. The van der Waals surface area contributed by atoms with Crippen LogP contribution in [0.3, 0.4) is 0 Å². The molecule has 30 heavy (non-hydrogen) atoms. The zero-order valence-corrected chi connectivity index (χ0v) is 17.1. The smallest absolute Gasteiger partial charge is 0.416 e. The fourth-order valence-corrected chi connectivity index (χ4v) is 4.11. The van der Waals surface area contributed by atoms with Gasteiger partial charge < -0.3 is 9.47 Å². The lowest BCUT2D eigenvalue weighted by Gasteiger charge is -2.38. The second-order valence-electron chi connectivity index (χ2n) is 7.74. The van der Waals surface area contributed by atoms with E-state index in [4.69, 9.17) is 9.47 Å². The van der Waals surface area contributed by atoms with E-state index >= 15 is 0 Å². The van der Waals surface area contributed by atoms with Crippen molar-refractivity contribution in [3.63, 3.8) is 0 Å². The van der Waals surface area contributed by atoms with E-state index in [-0.39, 0.29) is 17.8 Å². The number of hydrogen-bond donors (Lipinski definition) is 0. The van der Waals surface area contributed by atoms with Gasteiger partial charge in [-0.25, -0.2) is 0 Å². The first-order valence-electron chi connectivity index (χ1n) is 9.87. The van der Waals surface area contributed by atoms with Crippen LogP contribution in [0.1, 0.15) is 35.4 Å². The number of carbonyl (C=O) groups excluding carboxylic acids is 1. The van der Waals surface area contributed by atoms with Gasteiger partial charge in [-0.05, 0) is 53.6 Å². The van der Waals surface area contributed by atoms with Gasteiger partial charge in [0.2, 0.25) is 0 Å². The maximum absolute atomic E-state index is 12.9. The number of benzene rings is 2. The molecule has 0 saturated carbocycles. The summed E-state index contributed by atoms with van der Waals surface area (Å²) >= 11 is 0. The minimum atomic E-state index is -4.35. The van der Waals surface area contributed by atoms with Crippen LogP contribution in [0, 0.1) is 5.92 Å². The molecule has 162 valence electrons. The van der Waals surface area contributed by atoms with E-state index < -0.39 is 11.7 Å². The molecule has 0 unspecified atom stereocenters. The molecule has 2 aromatic carbocycles. The molecule has 1 saturated heterocycles. The van der Waals surface area contributed by atoms with Crippen molar-refractivity contribution in [2.75, 3.05) is 27.3 Å². The Morgan fingerprint density at radius 1 is 1.10 bits per heavy atom. The van der Waals surface area contributed by atoms with Gasteiger partial charge in [-0.2, -0.15) is 13.2 Å². The lowest BCUT2D eigenvalue weighted by Crippen LogP contribution is -2.40. The fraction of sp³-hybridized carbons (Fsp3) is 0.435. The number of alkyl halides is 3. The third-order valence-electron chi connectivity index (χ3n) is 5.55. The van der Waals surface area contributed by atoms with Gasteiger partial charge in [-0.3, -0.25) is 9.69 Å². The topological polar surface area (TPSA) is 38.8 Å². The highest BCUT2D eigenvalue weighted by molar-refractivity contribution is 5.69. The average Bonchev–Trinajstić information content (AvgIpc) is 2.73. The second kappa shape index (κ2) is 9.51. The van der Waals surface area contributed by atoms with Crippen LogP contribution in [0.15, 0.2) is 48.5 Å². The second-order valence-corrected chi connectivity index (χ2v) is 7.74. The fourth-order valence-electron chi connectivity index (χ4n) is 4.11. The Balaban J connectivity index is 1.78. The largest absolute Gasteiger partial charge is 0.497 e. The Hall–Kier alpha value is -2.54. The summed E-state index contributed by atoms with van der Waals surface area (Å²) in [4.78, 5) is 14.1. The van der Waals surface area contributed by atoms with Crippen molar-refractivity contribution in [1.82, 2.24) is 4.90 Å². The molecule has 0 spiro atoms. The van der Waals surface area contributed by atoms with Crippen molar-refractivity contribution in [3.05, 3.63) is 65.2 Å². The zero-order valence-electron chi connectivity index (χ0n) is 17.1. The predicted molar refractivity (Wildman–Crippen MR) is 107 cm³/mol. The molecule has 0 aromatic heterocycles. The van der Waals surface area contributed by atoms with Crippen LogP contribution in [0.25, 0.3) is 0 Å². The summed E-state index contributed by atoms with van der Waals surface area (Å²) in [5.74, 6) is 0.620. The van der Waals surface area contributed by atoms with Gasteiger partial charge in [0.25, 0.3) is 0 Å². The number of methoxy groups -OCH3 is 2. The number of ether oxygens (including phenoxy) is 2. The summed E-state index contributed by atoms with van der Waals surface area (Å²) < 4.78 is 48.8. The molecular formula is C23H26F3NO3. The van der Waals surface area contributed by atoms with E-state index in [1.165, 1.54) is 7.11 Å². The molecule has 1 fully saturated rings. The van der Waals surface area contributed by atoms with Gasteiger partial charge in [-0.1, -0.05) is 24.3 Å². The van der Waals surface area contributed by atoms with Crippen LogP contribution in [0.2, 0.25) is 0 Å². The molecule has 3 rings (SSSR count). The Kier molecular flexibility index (Phi) is 7.02. The van der Waals surface area contributed by atoms with Crippen LogP contribution in [-0.4, -0.2) is 38.2 Å². The molecule has 0 bridgehead atoms. The summed E-state index contributed by atoms with van der Waals surface area (Å²) in [6.45, 7) is 2.11. The zero-order chi connectivity index (χ0) is 21.7. The molecular weight excluding hydrogens is 395 g/mol. The van der Waals surface area contributed by atoms with Crippen molar-refractivity contribution in [2.45, 2.75) is 31.5 Å². The molecule has 1 aliphatic rings. The summed E-state index contributed by atoms with van der Waals surface area (Å²) in [5, 5.41) is 0. The van der Waals surface area contributed by atoms with E-state index in [1.807, 2.05) is 24.3 Å². The standard InChI is InChI=1S/C23H26F3NO3/c1-29-21-5-3-4-16(11-21)13-27-14-17(12-22(28)30-2)10-19(15-27)18-6-8-20(9-7-18)23(24,25)26/h3-9,11,17,19H,10,12-15H2,1-2H3/t17-,19+/m0/s1. The third kappa shape index (κ3) is 5.75. The quantitative estimate of drug-likeness (QED) is 0.623. The molecule has 4 nitrogen and oxygen atoms in total. The minimum absolute atomic E-state index is 0.0429. The number of carbonyl (C=O) groups is 1. The predicted octanol–water partition coefficient (Wildman–Crippen LogP) is 4.88. The number of hydrogen-bond acceptors (Lipinski definition) is 4. The van der Waals surface area contributed by atoms with Crippen LogP contribution < -0.4 is 4.74 Å². The third-order valence-corrected chi connectivity index (χ3v) is 5.55. The number of halogens is 3. The molecule has 0 aliphatic carbocycles. The van der Waals surface area contributed by atoms with Crippen molar-refractivity contribution in [3.8, 4) is 5.75 Å². The monoisotopic (exact) mass is 421 g/mol. The normalized spacial score (nSPS) is 20.0. The molecule has 0 amide bonds. The van der Waals surface area contributed by atoms with Crippen molar-refractivity contribution < 1.29 is 27.4 Å². The Morgan fingerprint density at radius 2 is 1.83 bits per heavy atom. The van der Waals surface area contributed by atoms with Crippen LogP contribution >= 0.6 is 0 Å². The first-order chi connectivity index (χ1) is 14.3. The highest BCUT2D eigenvalue weighted by Gasteiger charge is 2.32. The Morgan fingerprint density at radius 3 is 2.47 bits per heavy atom. The first kappa shape index (κ1) is 22.2. The SMILES string of the molecule is COC(=O)C[C@@H]1C[C@@H](c2ccc(C(F)(F)F)cc2)CN(Cc2cccc(OC)c2)C1. The number of likely N-dealkylation sites (tertiary alicyclic amines) is 1. The lowest BCUT2D eigenvalue weighted by atomic mass is 9.82.